The predicted octanol–water partition coefficient (Wildman–Crippen LogP) is 1.42. The van der Waals surface area contributed by atoms with E-state index in [9.17, 15) is 13.5 Å². The third-order valence-corrected chi connectivity index (χ3v) is 5.76. The Bertz CT molecular complexity index is 515. The average Bonchev–Trinajstić information content (AvgIpc) is 3.05. The van der Waals surface area contributed by atoms with Crippen LogP contribution in [0.5, 0.6) is 0 Å². The maximum atomic E-state index is 12.5. The molecule has 0 saturated carbocycles. The van der Waals surface area contributed by atoms with Crippen molar-refractivity contribution in [1.82, 2.24) is 8.87 Å². The van der Waals surface area contributed by atoms with Gasteiger partial charge in [-0.1, -0.05) is 13.3 Å². The monoisotopic (exact) mass is 286 g/mol. The first-order chi connectivity index (χ1) is 9.02. The van der Waals surface area contributed by atoms with Crippen LogP contribution in [-0.4, -0.2) is 35.5 Å². The van der Waals surface area contributed by atoms with E-state index in [2.05, 4.69) is 6.92 Å². The first-order valence-corrected chi connectivity index (χ1v) is 8.27. The van der Waals surface area contributed by atoms with Crippen molar-refractivity contribution < 1.29 is 13.5 Å². The molecule has 1 aliphatic rings. The maximum absolute atomic E-state index is 12.5. The van der Waals surface area contributed by atoms with E-state index in [1.54, 1.807) is 21.1 Å². The Hall–Kier alpha value is -0.850. The van der Waals surface area contributed by atoms with Crippen molar-refractivity contribution in [3.63, 3.8) is 0 Å². The fourth-order valence-electron chi connectivity index (χ4n) is 2.59. The zero-order valence-corrected chi connectivity index (χ0v) is 12.4. The van der Waals surface area contributed by atoms with Crippen molar-refractivity contribution in [3.05, 3.63) is 18.0 Å². The van der Waals surface area contributed by atoms with Crippen LogP contribution >= 0.6 is 0 Å². The zero-order valence-electron chi connectivity index (χ0n) is 11.5. The fourth-order valence-corrected chi connectivity index (χ4v) is 4.19. The van der Waals surface area contributed by atoms with E-state index in [0.29, 0.717) is 36.1 Å². The Kier molecular flexibility index (Phi) is 4.32. The molecule has 0 spiro atoms. The minimum absolute atomic E-state index is 0.138. The Morgan fingerprint density at radius 1 is 1.42 bits per heavy atom. The highest BCUT2D eigenvalue weighted by Gasteiger charge is 2.32. The van der Waals surface area contributed by atoms with Crippen LogP contribution in [0.3, 0.4) is 0 Å². The van der Waals surface area contributed by atoms with Gasteiger partial charge in [0.25, 0.3) is 0 Å². The molecule has 1 fully saturated rings. The molecule has 1 N–H and O–H groups in total. The van der Waals surface area contributed by atoms with Gasteiger partial charge in [0.2, 0.25) is 10.0 Å². The number of hydrogen-bond acceptors (Lipinski definition) is 3. The van der Waals surface area contributed by atoms with Crippen molar-refractivity contribution in [3.8, 4) is 0 Å². The Labute approximate surface area is 114 Å². The molecule has 108 valence electrons. The van der Waals surface area contributed by atoms with Gasteiger partial charge >= 0.3 is 0 Å². The lowest BCUT2D eigenvalue weighted by Gasteiger charge is -2.15. The zero-order chi connectivity index (χ0) is 14.0. The summed E-state index contributed by atoms with van der Waals surface area (Å²) >= 11 is 0. The molecule has 0 radical (unpaired) electrons. The van der Waals surface area contributed by atoms with E-state index in [4.69, 9.17) is 0 Å². The van der Waals surface area contributed by atoms with E-state index in [1.807, 2.05) is 6.92 Å². The molecule has 2 rings (SSSR count). The number of hydrogen-bond donors (Lipinski definition) is 1. The van der Waals surface area contributed by atoms with Gasteiger partial charge in [0, 0.05) is 31.5 Å². The molecule has 1 aromatic heterocycles. The SMILES string of the molecule is CCC1CCN(S(=O)(=O)c2cc(CO)n(CC)c2)C1. The number of aliphatic hydroxyl groups excluding tert-OH is 1. The molecule has 1 aliphatic heterocycles. The third-order valence-electron chi connectivity index (χ3n) is 3.93. The molecule has 1 unspecified atom stereocenters. The van der Waals surface area contributed by atoms with Crippen LogP contribution in [0.15, 0.2) is 17.2 Å². The van der Waals surface area contributed by atoms with Gasteiger partial charge in [-0.15, -0.1) is 0 Å². The summed E-state index contributed by atoms with van der Waals surface area (Å²) in [6, 6.07) is 1.58. The lowest BCUT2D eigenvalue weighted by atomic mass is 10.1. The van der Waals surface area contributed by atoms with Crippen LogP contribution in [0, 0.1) is 5.92 Å². The summed E-state index contributed by atoms with van der Waals surface area (Å²) in [6.07, 6.45) is 3.58. The lowest BCUT2D eigenvalue weighted by Crippen LogP contribution is -2.28. The average molecular weight is 286 g/mol. The second-order valence-electron chi connectivity index (χ2n) is 5.04. The van der Waals surface area contributed by atoms with Gasteiger partial charge in [-0.2, -0.15) is 4.31 Å². The summed E-state index contributed by atoms with van der Waals surface area (Å²) in [7, 11) is -3.40. The van der Waals surface area contributed by atoms with Gasteiger partial charge in [-0.3, -0.25) is 0 Å². The van der Waals surface area contributed by atoms with Gasteiger partial charge in [-0.25, -0.2) is 8.42 Å². The van der Waals surface area contributed by atoms with E-state index in [0.717, 1.165) is 12.8 Å². The number of aryl methyl sites for hydroxylation is 1. The van der Waals surface area contributed by atoms with Crippen molar-refractivity contribution in [2.24, 2.45) is 5.92 Å². The highest BCUT2D eigenvalue weighted by Crippen LogP contribution is 2.27. The molecule has 1 atom stereocenters. The van der Waals surface area contributed by atoms with Crippen molar-refractivity contribution in [2.45, 2.75) is 44.7 Å². The summed E-state index contributed by atoms with van der Waals surface area (Å²) in [4.78, 5) is 0.301. The van der Waals surface area contributed by atoms with Crippen LogP contribution in [-0.2, 0) is 23.2 Å². The number of nitrogens with zero attached hydrogens (tertiary/aromatic N) is 2. The van der Waals surface area contributed by atoms with Crippen molar-refractivity contribution in [1.29, 1.82) is 0 Å². The Morgan fingerprint density at radius 3 is 2.63 bits per heavy atom. The summed E-state index contributed by atoms with van der Waals surface area (Å²) < 4.78 is 28.4. The normalized spacial score (nSPS) is 21.1. The number of sulfonamides is 1. The van der Waals surface area contributed by atoms with Gasteiger partial charge in [0.1, 0.15) is 4.90 Å². The van der Waals surface area contributed by atoms with Crippen LogP contribution in [0.4, 0.5) is 0 Å². The maximum Gasteiger partial charge on any atom is 0.244 e. The van der Waals surface area contributed by atoms with E-state index < -0.39 is 10.0 Å². The minimum atomic E-state index is -3.40. The van der Waals surface area contributed by atoms with Crippen LogP contribution < -0.4 is 0 Å². The van der Waals surface area contributed by atoms with E-state index in [1.165, 1.54) is 0 Å². The highest BCUT2D eigenvalue weighted by molar-refractivity contribution is 7.89. The van der Waals surface area contributed by atoms with Crippen molar-refractivity contribution >= 4 is 10.0 Å². The van der Waals surface area contributed by atoms with Crippen molar-refractivity contribution in [2.75, 3.05) is 13.1 Å². The van der Waals surface area contributed by atoms with E-state index in [-0.39, 0.29) is 6.61 Å². The molecular formula is C13H22N2O3S. The predicted molar refractivity (Wildman–Crippen MR) is 73.2 cm³/mol. The highest BCUT2D eigenvalue weighted by atomic mass is 32.2. The molecule has 2 heterocycles. The summed E-state index contributed by atoms with van der Waals surface area (Å²) in [5, 5.41) is 9.24. The molecule has 6 heteroatoms. The molecular weight excluding hydrogens is 264 g/mol. The van der Waals surface area contributed by atoms with Gasteiger partial charge in [-0.05, 0) is 25.3 Å². The molecule has 1 saturated heterocycles. The Balaban J connectivity index is 2.27. The molecule has 19 heavy (non-hydrogen) atoms. The summed E-state index contributed by atoms with van der Waals surface area (Å²) in [5.74, 6) is 0.473. The van der Waals surface area contributed by atoms with E-state index >= 15 is 0 Å². The number of aliphatic hydroxyl groups is 1. The first kappa shape index (κ1) is 14.6. The van der Waals surface area contributed by atoms with Gasteiger partial charge in [0.15, 0.2) is 0 Å². The van der Waals surface area contributed by atoms with Crippen LogP contribution in [0.2, 0.25) is 0 Å². The molecule has 0 bridgehead atoms. The first-order valence-electron chi connectivity index (χ1n) is 6.83. The second kappa shape index (κ2) is 5.64. The number of rotatable bonds is 5. The van der Waals surface area contributed by atoms with Gasteiger partial charge < -0.3 is 9.67 Å². The minimum Gasteiger partial charge on any atom is -0.390 e. The molecule has 0 aromatic carbocycles. The second-order valence-corrected chi connectivity index (χ2v) is 6.98. The third kappa shape index (κ3) is 2.70. The topological polar surface area (TPSA) is 62.5 Å². The molecule has 1 aromatic rings. The quantitative estimate of drug-likeness (QED) is 0.890. The Morgan fingerprint density at radius 2 is 2.16 bits per heavy atom. The summed E-state index contributed by atoms with van der Waals surface area (Å²) in [5.41, 5.74) is 0.646. The fraction of sp³-hybridized carbons (Fsp3) is 0.692. The smallest absolute Gasteiger partial charge is 0.244 e. The van der Waals surface area contributed by atoms with Gasteiger partial charge in [0.05, 0.1) is 6.61 Å². The standard InChI is InChI=1S/C13H22N2O3S/c1-3-11-5-6-15(8-11)19(17,18)13-7-12(10-16)14(4-2)9-13/h7,9,11,16H,3-6,8,10H2,1-2H3. The molecule has 0 amide bonds. The molecule has 5 nitrogen and oxygen atoms in total. The largest absolute Gasteiger partial charge is 0.390 e. The number of aromatic nitrogens is 1. The van der Waals surface area contributed by atoms with Crippen LogP contribution in [0.25, 0.3) is 0 Å². The lowest BCUT2D eigenvalue weighted by molar-refractivity contribution is 0.271. The molecule has 0 aliphatic carbocycles. The summed E-state index contributed by atoms with van der Waals surface area (Å²) in [6.45, 7) is 5.76. The van der Waals surface area contributed by atoms with Crippen LogP contribution in [0.1, 0.15) is 32.4 Å².